The maximum absolute atomic E-state index is 10.6. The van der Waals surface area contributed by atoms with Gasteiger partial charge in [0.15, 0.2) is 0 Å². The second kappa shape index (κ2) is 9.59. The fourth-order valence-electron chi connectivity index (χ4n) is 0.266. The number of carboxylic acid groups (broad SMARTS) is 1. The minimum atomic E-state index is -0.975. The van der Waals surface area contributed by atoms with Gasteiger partial charge < -0.3 is 9.84 Å². The Kier molecular flexibility index (Phi) is 10.7. The zero-order valence-electron chi connectivity index (χ0n) is 9.20. The van der Waals surface area contributed by atoms with Crippen LogP contribution < -0.4 is 0 Å². The van der Waals surface area contributed by atoms with E-state index >= 15 is 0 Å². The van der Waals surface area contributed by atoms with E-state index in [1.54, 1.807) is 13.8 Å². The van der Waals surface area contributed by atoms with Gasteiger partial charge in [0.25, 0.3) is 0 Å². The van der Waals surface area contributed by atoms with Gasteiger partial charge in [-0.15, -0.1) is 11.6 Å². The van der Waals surface area contributed by atoms with Crippen molar-refractivity contribution in [2.45, 2.75) is 37.4 Å². The van der Waals surface area contributed by atoms with Crippen LogP contribution in [0.15, 0.2) is 0 Å². The Labute approximate surface area is 107 Å². The summed E-state index contributed by atoms with van der Waals surface area (Å²) >= 11 is 7.98. The number of halogens is 2. The van der Waals surface area contributed by atoms with E-state index in [-0.39, 0.29) is 6.42 Å². The first-order chi connectivity index (χ1) is 7.22. The highest BCUT2D eigenvalue weighted by molar-refractivity contribution is 9.10. The van der Waals surface area contributed by atoms with Crippen LogP contribution in [0.25, 0.3) is 0 Å². The molecule has 0 aromatic carbocycles. The van der Waals surface area contributed by atoms with E-state index in [2.05, 4.69) is 20.7 Å². The Bertz CT molecular complexity index is 252. The van der Waals surface area contributed by atoms with Crippen LogP contribution in [0.2, 0.25) is 0 Å². The highest BCUT2D eigenvalue weighted by Gasteiger charge is 2.13. The normalized spacial score (nSPS) is 12.8. The third-order valence-electron chi connectivity index (χ3n) is 1.17. The zero-order valence-corrected chi connectivity index (χ0v) is 11.5. The van der Waals surface area contributed by atoms with Crippen molar-refractivity contribution in [1.82, 2.24) is 0 Å². The molecular weight excluding hydrogens is 303 g/mol. The number of esters is 2. The Balaban J connectivity index is 0. The van der Waals surface area contributed by atoms with E-state index in [0.717, 1.165) is 0 Å². The van der Waals surface area contributed by atoms with Crippen LogP contribution in [0.5, 0.6) is 0 Å². The molecule has 0 saturated carbocycles. The molecule has 0 aromatic heterocycles. The number of alkyl halides is 2. The average molecular weight is 318 g/mol. The Morgan fingerprint density at radius 3 is 1.94 bits per heavy atom. The second-order valence-corrected chi connectivity index (χ2v) is 4.75. The van der Waals surface area contributed by atoms with Gasteiger partial charge in [0.1, 0.15) is 10.2 Å². The lowest BCUT2D eigenvalue weighted by Gasteiger charge is -2.00. The van der Waals surface area contributed by atoms with Crippen LogP contribution in [-0.4, -0.2) is 33.2 Å². The SMILES string of the molecule is CC(Cl)C(=O)O.CCC(=O)OC(=O)C(C)Br. The first-order valence-corrected chi connectivity index (χ1v) is 5.83. The first-order valence-electron chi connectivity index (χ1n) is 4.47. The fourth-order valence-corrected chi connectivity index (χ4v) is 0.359. The fraction of sp³-hybridized carbons (Fsp3) is 0.667. The summed E-state index contributed by atoms with van der Waals surface area (Å²) < 4.78 is 4.34. The number of hydrogen-bond acceptors (Lipinski definition) is 4. The number of aliphatic carboxylic acids is 1. The van der Waals surface area contributed by atoms with E-state index in [4.69, 9.17) is 16.7 Å². The summed E-state index contributed by atoms with van der Waals surface area (Å²) in [6, 6.07) is 0. The highest BCUT2D eigenvalue weighted by Crippen LogP contribution is 2.00. The van der Waals surface area contributed by atoms with Crippen molar-refractivity contribution in [3.05, 3.63) is 0 Å². The average Bonchev–Trinajstić information content (AvgIpc) is 2.18. The largest absolute Gasteiger partial charge is 0.480 e. The maximum Gasteiger partial charge on any atom is 0.327 e. The first kappa shape index (κ1) is 17.8. The molecule has 5 nitrogen and oxygen atoms in total. The second-order valence-electron chi connectivity index (χ2n) is 2.72. The Morgan fingerprint density at radius 1 is 1.38 bits per heavy atom. The number of hydrogen-bond donors (Lipinski definition) is 1. The lowest BCUT2D eigenvalue weighted by atomic mass is 10.5. The smallest absolute Gasteiger partial charge is 0.327 e. The van der Waals surface area contributed by atoms with Gasteiger partial charge in [0.2, 0.25) is 0 Å². The molecule has 0 amide bonds. The molecule has 16 heavy (non-hydrogen) atoms. The zero-order chi connectivity index (χ0) is 13.3. The molecule has 0 fully saturated rings. The van der Waals surface area contributed by atoms with Crippen LogP contribution >= 0.6 is 27.5 Å². The minimum Gasteiger partial charge on any atom is -0.480 e. The van der Waals surface area contributed by atoms with Crippen molar-refractivity contribution in [1.29, 1.82) is 0 Å². The number of carbonyl (C=O) groups is 3. The van der Waals surface area contributed by atoms with Crippen LogP contribution in [0.4, 0.5) is 0 Å². The van der Waals surface area contributed by atoms with Gasteiger partial charge >= 0.3 is 17.9 Å². The van der Waals surface area contributed by atoms with Gasteiger partial charge in [0.05, 0.1) is 0 Å². The summed E-state index contributed by atoms with van der Waals surface area (Å²) in [6.45, 7) is 4.64. The molecule has 1 N–H and O–H groups in total. The van der Waals surface area contributed by atoms with Gasteiger partial charge in [0, 0.05) is 6.42 Å². The standard InChI is InChI=1S/C6H9BrO3.C3H5ClO2/c1-3-5(8)10-6(9)4(2)7;1-2(4)3(5)6/h4H,3H2,1-2H3;2H,1H3,(H,5,6). The topological polar surface area (TPSA) is 80.7 Å². The quantitative estimate of drug-likeness (QED) is 0.489. The lowest BCUT2D eigenvalue weighted by molar-refractivity contribution is -0.158. The molecule has 0 aliphatic rings. The van der Waals surface area contributed by atoms with Crippen molar-refractivity contribution < 1.29 is 24.2 Å². The van der Waals surface area contributed by atoms with Gasteiger partial charge in [-0.1, -0.05) is 22.9 Å². The number of carbonyl (C=O) groups excluding carboxylic acids is 2. The molecule has 2 unspecified atom stereocenters. The molecule has 0 rings (SSSR count). The third kappa shape index (κ3) is 11.5. The predicted molar refractivity (Wildman–Crippen MR) is 62.7 cm³/mol. The summed E-state index contributed by atoms with van der Waals surface area (Å²) in [4.78, 5) is 30.2. The molecule has 0 bridgehead atoms. The van der Waals surface area contributed by atoms with Crippen LogP contribution in [0.1, 0.15) is 27.2 Å². The minimum absolute atomic E-state index is 0.228. The van der Waals surface area contributed by atoms with Crippen molar-refractivity contribution in [3.63, 3.8) is 0 Å². The molecule has 2 atom stereocenters. The molecule has 0 aliphatic carbocycles. The molecule has 0 spiro atoms. The molecule has 0 saturated heterocycles. The molecule has 94 valence electrons. The molecule has 0 heterocycles. The van der Waals surface area contributed by atoms with E-state index in [1.807, 2.05) is 0 Å². The molecule has 7 heteroatoms. The molecule has 0 aliphatic heterocycles. The third-order valence-corrected chi connectivity index (χ3v) is 1.73. The van der Waals surface area contributed by atoms with E-state index in [9.17, 15) is 14.4 Å². The number of rotatable bonds is 3. The van der Waals surface area contributed by atoms with Gasteiger partial charge in [-0.25, -0.2) is 0 Å². The van der Waals surface area contributed by atoms with Crippen LogP contribution in [0, 0.1) is 0 Å². The predicted octanol–water partition coefficient (Wildman–Crippen LogP) is 1.95. The summed E-state index contributed by atoms with van der Waals surface area (Å²) in [5, 5.41) is 7.10. The van der Waals surface area contributed by atoms with Crippen LogP contribution in [-0.2, 0) is 19.1 Å². The number of ether oxygens (including phenoxy) is 1. The van der Waals surface area contributed by atoms with E-state index < -0.39 is 28.1 Å². The molecular formula is C9H14BrClO5. The lowest BCUT2D eigenvalue weighted by Crippen LogP contribution is -2.17. The van der Waals surface area contributed by atoms with E-state index in [0.29, 0.717) is 0 Å². The Morgan fingerprint density at radius 2 is 1.75 bits per heavy atom. The van der Waals surface area contributed by atoms with Crippen molar-refractivity contribution in [2.75, 3.05) is 0 Å². The maximum atomic E-state index is 10.6. The monoisotopic (exact) mass is 316 g/mol. The van der Waals surface area contributed by atoms with E-state index in [1.165, 1.54) is 6.92 Å². The summed E-state index contributed by atoms with van der Waals surface area (Å²) in [5.74, 6) is -2.00. The summed E-state index contributed by atoms with van der Waals surface area (Å²) in [7, 11) is 0. The van der Waals surface area contributed by atoms with Crippen LogP contribution in [0.3, 0.4) is 0 Å². The number of carboxylic acids is 1. The van der Waals surface area contributed by atoms with Crippen molar-refractivity contribution in [3.8, 4) is 0 Å². The van der Waals surface area contributed by atoms with Crippen molar-refractivity contribution >= 4 is 45.4 Å². The summed E-state index contributed by atoms with van der Waals surface area (Å²) in [5.41, 5.74) is 0. The van der Waals surface area contributed by atoms with Gasteiger partial charge in [-0.2, -0.15) is 0 Å². The summed E-state index contributed by atoms with van der Waals surface area (Å²) in [6.07, 6.45) is 0.228. The van der Waals surface area contributed by atoms with Gasteiger partial charge in [-0.05, 0) is 13.8 Å². The Hall–Kier alpha value is -0.620. The molecule has 0 aromatic rings. The molecule has 0 radical (unpaired) electrons. The van der Waals surface area contributed by atoms with Crippen molar-refractivity contribution in [2.24, 2.45) is 0 Å². The van der Waals surface area contributed by atoms with Gasteiger partial charge in [-0.3, -0.25) is 14.4 Å². The highest BCUT2D eigenvalue weighted by atomic mass is 79.9.